The first kappa shape index (κ1) is 13.3. The maximum absolute atomic E-state index is 5.41. The number of nitrogens with zero attached hydrogens (tertiary/aromatic N) is 1. The van der Waals surface area contributed by atoms with E-state index < -0.39 is 0 Å². The van der Waals surface area contributed by atoms with Crippen molar-refractivity contribution in [1.82, 2.24) is 10.9 Å². The third-order valence-electron chi connectivity index (χ3n) is 3.99. The van der Waals surface area contributed by atoms with E-state index in [1.807, 2.05) is 18.2 Å². The van der Waals surface area contributed by atoms with Gasteiger partial charge in [-0.2, -0.15) is 0 Å². The van der Waals surface area contributed by atoms with Crippen molar-refractivity contribution in [2.24, 2.45) is 0 Å². The standard InChI is InChI=1S/C17H15N3OS/c1-21-12-7-8-13-14(11-5-3-2-4-6-11)10-16-18-19-17(22)20(16)15(13)9-12/h2-10,16,18H,1H3,(H,19,22)/t16-/m1/s1. The van der Waals surface area contributed by atoms with Gasteiger partial charge in [0.1, 0.15) is 11.9 Å². The Morgan fingerprint density at radius 1 is 1.14 bits per heavy atom. The number of hydrogen-bond donors (Lipinski definition) is 2. The minimum Gasteiger partial charge on any atom is -0.497 e. The van der Waals surface area contributed by atoms with Crippen LogP contribution in [-0.4, -0.2) is 18.4 Å². The van der Waals surface area contributed by atoms with E-state index in [2.05, 4.69) is 52.2 Å². The first-order valence-corrected chi connectivity index (χ1v) is 7.49. The zero-order chi connectivity index (χ0) is 15.1. The van der Waals surface area contributed by atoms with Gasteiger partial charge < -0.3 is 4.74 Å². The van der Waals surface area contributed by atoms with Gasteiger partial charge in [-0.05, 0) is 41.6 Å². The van der Waals surface area contributed by atoms with Crippen molar-refractivity contribution in [2.75, 3.05) is 12.0 Å². The highest BCUT2D eigenvalue weighted by atomic mass is 32.1. The van der Waals surface area contributed by atoms with Crippen LogP contribution in [0.2, 0.25) is 0 Å². The zero-order valence-electron chi connectivity index (χ0n) is 12.0. The van der Waals surface area contributed by atoms with Crippen LogP contribution in [0.3, 0.4) is 0 Å². The second-order valence-corrected chi connectivity index (χ2v) is 5.61. The van der Waals surface area contributed by atoms with E-state index >= 15 is 0 Å². The molecule has 2 N–H and O–H groups in total. The van der Waals surface area contributed by atoms with Gasteiger partial charge in [-0.3, -0.25) is 10.3 Å². The highest BCUT2D eigenvalue weighted by Crippen LogP contribution is 2.40. The highest BCUT2D eigenvalue weighted by Gasteiger charge is 2.34. The molecule has 22 heavy (non-hydrogen) atoms. The number of rotatable bonds is 2. The molecule has 110 valence electrons. The van der Waals surface area contributed by atoms with Gasteiger partial charge in [-0.1, -0.05) is 30.3 Å². The van der Waals surface area contributed by atoms with Crippen molar-refractivity contribution in [1.29, 1.82) is 0 Å². The average molecular weight is 309 g/mol. The molecule has 5 heteroatoms. The molecule has 4 nitrogen and oxygen atoms in total. The van der Waals surface area contributed by atoms with Gasteiger partial charge in [0.05, 0.1) is 12.8 Å². The van der Waals surface area contributed by atoms with E-state index in [0.29, 0.717) is 5.11 Å². The number of thiocarbonyl (C=S) groups is 1. The summed E-state index contributed by atoms with van der Waals surface area (Å²) in [4.78, 5) is 2.07. The average Bonchev–Trinajstić information content (AvgIpc) is 2.95. The normalized spacial score (nSPS) is 19.1. The van der Waals surface area contributed by atoms with E-state index in [-0.39, 0.29) is 6.17 Å². The molecule has 0 unspecified atom stereocenters. The van der Waals surface area contributed by atoms with Crippen LogP contribution in [0.1, 0.15) is 11.1 Å². The van der Waals surface area contributed by atoms with Crippen LogP contribution in [0.5, 0.6) is 5.75 Å². The fourth-order valence-corrected chi connectivity index (χ4v) is 3.22. The summed E-state index contributed by atoms with van der Waals surface area (Å²) in [5, 5.41) is 0.669. The Morgan fingerprint density at radius 2 is 1.95 bits per heavy atom. The maximum Gasteiger partial charge on any atom is 0.189 e. The number of benzene rings is 2. The lowest BCUT2D eigenvalue weighted by Gasteiger charge is -2.31. The molecule has 0 aliphatic carbocycles. The van der Waals surface area contributed by atoms with E-state index in [9.17, 15) is 0 Å². The molecule has 2 aromatic rings. The van der Waals surface area contributed by atoms with E-state index in [0.717, 1.165) is 17.0 Å². The minimum atomic E-state index is 0.00214. The van der Waals surface area contributed by atoms with Gasteiger partial charge in [0.25, 0.3) is 0 Å². The van der Waals surface area contributed by atoms with Gasteiger partial charge in [-0.15, -0.1) is 0 Å². The molecule has 1 fully saturated rings. The molecule has 0 bridgehead atoms. The highest BCUT2D eigenvalue weighted by molar-refractivity contribution is 7.80. The van der Waals surface area contributed by atoms with Crippen molar-refractivity contribution in [3.8, 4) is 5.75 Å². The summed E-state index contributed by atoms with van der Waals surface area (Å²) in [5.74, 6) is 0.821. The number of hydrazine groups is 1. The van der Waals surface area contributed by atoms with Crippen LogP contribution in [0.15, 0.2) is 54.6 Å². The summed E-state index contributed by atoms with van der Waals surface area (Å²) < 4.78 is 5.37. The van der Waals surface area contributed by atoms with E-state index in [1.54, 1.807) is 7.11 Å². The van der Waals surface area contributed by atoms with Crippen LogP contribution in [0.25, 0.3) is 5.57 Å². The van der Waals surface area contributed by atoms with Gasteiger partial charge in [0.15, 0.2) is 5.11 Å². The fraction of sp³-hybridized carbons (Fsp3) is 0.118. The Labute approximate surface area is 134 Å². The Kier molecular flexibility index (Phi) is 3.10. The van der Waals surface area contributed by atoms with Crippen molar-refractivity contribution in [3.05, 3.63) is 65.7 Å². The maximum atomic E-state index is 5.41. The summed E-state index contributed by atoms with van der Waals surface area (Å²) in [6.07, 6.45) is 2.19. The summed E-state index contributed by atoms with van der Waals surface area (Å²) in [6.45, 7) is 0. The molecule has 4 rings (SSSR count). The van der Waals surface area contributed by atoms with E-state index in [1.165, 1.54) is 11.1 Å². The van der Waals surface area contributed by atoms with Crippen LogP contribution in [0, 0.1) is 0 Å². The lowest BCUT2D eigenvalue weighted by molar-refractivity contribution is 0.415. The molecule has 0 radical (unpaired) electrons. The molecule has 1 atom stereocenters. The largest absolute Gasteiger partial charge is 0.497 e. The monoisotopic (exact) mass is 309 g/mol. The second kappa shape index (κ2) is 5.12. The Hall–Kier alpha value is -2.37. The summed E-state index contributed by atoms with van der Waals surface area (Å²) >= 11 is 5.41. The summed E-state index contributed by atoms with van der Waals surface area (Å²) in [5.41, 5.74) is 10.8. The lowest BCUT2D eigenvalue weighted by Crippen LogP contribution is -2.38. The van der Waals surface area contributed by atoms with Crippen molar-refractivity contribution in [2.45, 2.75) is 6.17 Å². The van der Waals surface area contributed by atoms with Crippen LogP contribution < -0.4 is 20.5 Å². The number of fused-ring (bicyclic) bond motifs is 3. The Bertz CT molecular complexity index is 773. The van der Waals surface area contributed by atoms with Gasteiger partial charge in [0, 0.05) is 11.6 Å². The first-order chi connectivity index (χ1) is 10.8. The molecule has 1 saturated heterocycles. The molecule has 0 amide bonds. The molecule has 2 aliphatic heterocycles. The molecule has 2 aromatic carbocycles. The molecular weight excluding hydrogens is 294 g/mol. The summed E-state index contributed by atoms with van der Waals surface area (Å²) in [6, 6.07) is 16.5. The number of anilines is 1. The number of ether oxygens (including phenoxy) is 1. The molecule has 0 aromatic heterocycles. The lowest BCUT2D eigenvalue weighted by atomic mass is 9.92. The number of nitrogens with one attached hydrogen (secondary N) is 2. The van der Waals surface area contributed by atoms with Gasteiger partial charge in [0.2, 0.25) is 0 Å². The third-order valence-corrected chi connectivity index (χ3v) is 4.29. The zero-order valence-corrected chi connectivity index (χ0v) is 12.9. The van der Waals surface area contributed by atoms with E-state index in [4.69, 9.17) is 17.0 Å². The minimum absolute atomic E-state index is 0.00214. The quantitative estimate of drug-likeness (QED) is 0.834. The van der Waals surface area contributed by atoms with Crippen LogP contribution in [0.4, 0.5) is 5.69 Å². The molecule has 0 saturated carbocycles. The Morgan fingerprint density at radius 3 is 2.73 bits per heavy atom. The predicted molar refractivity (Wildman–Crippen MR) is 91.7 cm³/mol. The third kappa shape index (κ3) is 1.98. The number of hydrogen-bond acceptors (Lipinski definition) is 3. The summed E-state index contributed by atoms with van der Waals surface area (Å²) in [7, 11) is 1.68. The molecular formula is C17H15N3OS. The topological polar surface area (TPSA) is 36.5 Å². The molecule has 0 spiro atoms. The molecule has 2 heterocycles. The van der Waals surface area contributed by atoms with Crippen LogP contribution >= 0.6 is 12.2 Å². The SMILES string of the molecule is COc1ccc2c(c1)N1C(=S)NN[C@H]1C=C2c1ccccc1. The van der Waals surface area contributed by atoms with Crippen molar-refractivity contribution in [3.63, 3.8) is 0 Å². The van der Waals surface area contributed by atoms with Gasteiger partial charge >= 0.3 is 0 Å². The van der Waals surface area contributed by atoms with Gasteiger partial charge in [-0.25, -0.2) is 5.43 Å². The molecule has 2 aliphatic rings. The van der Waals surface area contributed by atoms with Crippen molar-refractivity contribution >= 4 is 28.6 Å². The second-order valence-electron chi connectivity index (χ2n) is 5.22. The predicted octanol–water partition coefficient (Wildman–Crippen LogP) is 2.67. The smallest absolute Gasteiger partial charge is 0.189 e. The number of methoxy groups -OCH3 is 1. The fourth-order valence-electron chi connectivity index (χ4n) is 2.94. The first-order valence-electron chi connectivity index (χ1n) is 7.08. The van der Waals surface area contributed by atoms with Crippen LogP contribution in [-0.2, 0) is 0 Å². The van der Waals surface area contributed by atoms with Crippen molar-refractivity contribution < 1.29 is 4.74 Å². The Balaban J connectivity index is 1.92.